The third-order valence-corrected chi connectivity index (χ3v) is 2.96. The number of hydrogen-bond donors (Lipinski definition) is 1. The van der Waals surface area contributed by atoms with E-state index >= 15 is 0 Å². The van der Waals surface area contributed by atoms with E-state index in [1.54, 1.807) is 4.57 Å². The number of aromatic nitrogens is 3. The SMILES string of the molecule is COCCn1c(CO)nnc1-c1ccc(C(F)(F)F)cc1. The highest BCUT2D eigenvalue weighted by Crippen LogP contribution is 2.30. The van der Waals surface area contributed by atoms with E-state index in [0.29, 0.717) is 30.4 Å². The smallest absolute Gasteiger partial charge is 0.388 e. The number of benzene rings is 1. The summed E-state index contributed by atoms with van der Waals surface area (Å²) >= 11 is 0. The summed E-state index contributed by atoms with van der Waals surface area (Å²) in [7, 11) is 1.53. The molecule has 0 atom stereocenters. The van der Waals surface area contributed by atoms with Crippen molar-refractivity contribution >= 4 is 0 Å². The normalized spacial score (nSPS) is 11.9. The molecule has 0 saturated heterocycles. The van der Waals surface area contributed by atoms with Crippen molar-refractivity contribution in [2.45, 2.75) is 19.3 Å². The van der Waals surface area contributed by atoms with Gasteiger partial charge in [0.15, 0.2) is 11.6 Å². The molecule has 1 aromatic heterocycles. The number of methoxy groups -OCH3 is 1. The molecule has 2 rings (SSSR count). The fourth-order valence-corrected chi connectivity index (χ4v) is 1.89. The number of rotatable bonds is 5. The van der Waals surface area contributed by atoms with Gasteiger partial charge in [0, 0.05) is 19.2 Å². The molecular formula is C13H14F3N3O2. The third-order valence-electron chi connectivity index (χ3n) is 2.96. The van der Waals surface area contributed by atoms with Crippen LogP contribution in [0.4, 0.5) is 13.2 Å². The summed E-state index contributed by atoms with van der Waals surface area (Å²) in [6.45, 7) is 0.464. The van der Waals surface area contributed by atoms with E-state index in [0.717, 1.165) is 12.1 Å². The monoisotopic (exact) mass is 301 g/mol. The van der Waals surface area contributed by atoms with Gasteiger partial charge in [-0.15, -0.1) is 10.2 Å². The Kier molecular flexibility index (Phi) is 4.59. The summed E-state index contributed by atoms with van der Waals surface area (Å²) in [6, 6.07) is 4.64. The summed E-state index contributed by atoms with van der Waals surface area (Å²) in [6.07, 6.45) is -4.38. The minimum absolute atomic E-state index is 0.308. The minimum Gasteiger partial charge on any atom is -0.388 e. The van der Waals surface area contributed by atoms with Gasteiger partial charge in [-0.3, -0.25) is 0 Å². The largest absolute Gasteiger partial charge is 0.416 e. The van der Waals surface area contributed by atoms with Crippen molar-refractivity contribution in [1.82, 2.24) is 14.8 Å². The van der Waals surface area contributed by atoms with Crippen LogP contribution in [-0.2, 0) is 24.1 Å². The molecule has 0 aliphatic rings. The fourth-order valence-electron chi connectivity index (χ4n) is 1.89. The van der Waals surface area contributed by atoms with Crippen LogP contribution in [0.3, 0.4) is 0 Å². The highest BCUT2D eigenvalue weighted by Gasteiger charge is 2.30. The van der Waals surface area contributed by atoms with Crippen molar-refractivity contribution in [2.75, 3.05) is 13.7 Å². The van der Waals surface area contributed by atoms with Crippen molar-refractivity contribution < 1.29 is 23.0 Å². The molecule has 0 unspecified atom stereocenters. The second kappa shape index (κ2) is 6.23. The van der Waals surface area contributed by atoms with Gasteiger partial charge >= 0.3 is 6.18 Å². The van der Waals surface area contributed by atoms with Gasteiger partial charge in [0.1, 0.15) is 6.61 Å². The van der Waals surface area contributed by atoms with E-state index in [4.69, 9.17) is 4.74 Å². The van der Waals surface area contributed by atoms with Crippen LogP contribution in [0.15, 0.2) is 24.3 Å². The predicted molar refractivity (Wildman–Crippen MR) is 68.3 cm³/mol. The molecule has 2 aromatic rings. The lowest BCUT2D eigenvalue weighted by molar-refractivity contribution is -0.137. The van der Waals surface area contributed by atoms with E-state index in [1.165, 1.54) is 19.2 Å². The summed E-state index contributed by atoms with van der Waals surface area (Å²) in [5, 5.41) is 17.0. The molecule has 0 saturated carbocycles. The number of aliphatic hydroxyl groups excluding tert-OH is 1. The van der Waals surface area contributed by atoms with Crippen molar-refractivity contribution in [3.05, 3.63) is 35.7 Å². The van der Waals surface area contributed by atoms with Crippen LogP contribution in [0.2, 0.25) is 0 Å². The molecule has 1 aromatic carbocycles. The Morgan fingerprint density at radius 1 is 1.19 bits per heavy atom. The number of nitrogens with zero attached hydrogens (tertiary/aromatic N) is 3. The molecule has 8 heteroatoms. The van der Waals surface area contributed by atoms with E-state index in [-0.39, 0.29) is 6.61 Å². The van der Waals surface area contributed by atoms with Gasteiger partial charge in [-0.25, -0.2) is 0 Å². The van der Waals surface area contributed by atoms with Crippen LogP contribution in [0.25, 0.3) is 11.4 Å². The summed E-state index contributed by atoms with van der Waals surface area (Å²) < 4.78 is 44.2. The Morgan fingerprint density at radius 3 is 2.38 bits per heavy atom. The lowest BCUT2D eigenvalue weighted by Gasteiger charge is -2.10. The first-order valence-electron chi connectivity index (χ1n) is 6.17. The third kappa shape index (κ3) is 3.40. The fraction of sp³-hybridized carbons (Fsp3) is 0.385. The Morgan fingerprint density at radius 2 is 1.86 bits per heavy atom. The molecule has 0 aliphatic carbocycles. The number of hydrogen-bond acceptors (Lipinski definition) is 4. The molecule has 114 valence electrons. The van der Waals surface area contributed by atoms with Gasteiger partial charge in [-0.05, 0) is 12.1 Å². The first kappa shape index (κ1) is 15.5. The summed E-state index contributed by atoms with van der Waals surface area (Å²) in [5.41, 5.74) is -0.233. The zero-order valence-corrected chi connectivity index (χ0v) is 11.3. The van der Waals surface area contributed by atoms with E-state index in [2.05, 4.69) is 10.2 Å². The molecule has 1 N–H and O–H groups in total. The maximum Gasteiger partial charge on any atom is 0.416 e. The second-order valence-electron chi connectivity index (χ2n) is 4.32. The number of halogens is 3. The van der Waals surface area contributed by atoms with Crippen LogP contribution >= 0.6 is 0 Å². The van der Waals surface area contributed by atoms with Gasteiger partial charge in [-0.2, -0.15) is 13.2 Å². The average molecular weight is 301 g/mol. The van der Waals surface area contributed by atoms with Gasteiger partial charge in [0.2, 0.25) is 0 Å². The first-order valence-corrected chi connectivity index (χ1v) is 6.17. The molecule has 0 spiro atoms. The van der Waals surface area contributed by atoms with Crippen LogP contribution < -0.4 is 0 Å². The average Bonchev–Trinajstić information content (AvgIpc) is 2.87. The Balaban J connectivity index is 2.35. The standard InChI is InChI=1S/C13H14F3N3O2/c1-21-7-6-19-11(8-20)17-18-12(19)9-2-4-10(5-3-9)13(14,15)16/h2-5,20H,6-8H2,1H3. The Hall–Kier alpha value is -1.93. The first-order chi connectivity index (χ1) is 9.97. The number of aliphatic hydroxyl groups is 1. The molecule has 0 bridgehead atoms. The molecular weight excluding hydrogens is 287 g/mol. The van der Waals surface area contributed by atoms with Crippen molar-refractivity contribution in [1.29, 1.82) is 0 Å². The summed E-state index contributed by atoms with van der Waals surface area (Å²) in [4.78, 5) is 0. The predicted octanol–water partition coefficient (Wildman–Crippen LogP) is 2.10. The lowest BCUT2D eigenvalue weighted by Crippen LogP contribution is -2.10. The van der Waals surface area contributed by atoms with Crippen LogP contribution in [0.1, 0.15) is 11.4 Å². The van der Waals surface area contributed by atoms with E-state index < -0.39 is 11.7 Å². The second-order valence-corrected chi connectivity index (χ2v) is 4.32. The van der Waals surface area contributed by atoms with Crippen LogP contribution in [-0.4, -0.2) is 33.6 Å². The maximum atomic E-state index is 12.5. The molecule has 5 nitrogen and oxygen atoms in total. The van der Waals surface area contributed by atoms with Gasteiger partial charge in [-0.1, -0.05) is 12.1 Å². The van der Waals surface area contributed by atoms with Crippen LogP contribution in [0, 0.1) is 0 Å². The molecule has 0 aliphatic heterocycles. The Bertz CT molecular complexity index is 594. The maximum absolute atomic E-state index is 12.5. The zero-order valence-electron chi connectivity index (χ0n) is 11.3. The highest BCUT2D eigenvalue weighted by atomic mass is 19.4. The molecule has 0 fully saturated rings. The Labute approximate surface area is 119 Å². The zero-order chi connectivity index (χ0) is 15.5. The van der Waals surface area contributed by atoms with Gasteiger partial charge in [0.25, 0.3) is 0 Å². The molecule has 0 radical (unpaired) electrons. The lowest BCUT2D eigenvalue weighted by atomic mass is 10.1. The minimum atomic E-state index is -4.38. The summed E-state index contributed by atoms with van der Waals surface area (Å²) in [5.74, 6) is 0.728. The van der Waals surface area contributed by atoms with Crippen molar-refractivity contribution in [3.63, 3.8) is 0 Å². The van der Waals surface area contributed by atoms with Gasteiger partial charge in [0.05, 0.1) is 12.2 Å². The number of ether oxygens (including phenoxy) is 1. The molecule has 1 heterocycles. The van der Waals surface area contributed by atoms with E-state index in [1.807, 2.05) is 0 Å². The van der Waals surface area contributed by atoms with Crippen molar-refractivity contribution in [2.24, 2.45) is 0 Å². The molecule has 21 heavy (non-hydrogen) atoms. The van der Waals surface area contributed by atoms with Crippen LogP contribution in [0.5, 0.6) is 0 Å². The van der Waals surface area contributed by atoms with Gasteiger partial charge < -0.3 is 14.4 Å². The number of alkyl halides is 3. The molecule has 0 amide bonds. The topological polar surface area (TPSA) is 60.2 Å². The quantitative estimate of drug-likeness (QED) is 0.919. The highest BCUT2D eigenvalue weighted by molar-refractivity contribution is 5.56. The van der Waals surface area contributed by atoms with E-state index in [9.17, 15) is 18.3 Å². The van der Waals surface area contributed by atoms with Crippen molar-refractivity contribution in [3.8, 4) is 11.4 Å².